The number of rotatable bonds is 3. The summed E-state index contributed by atoms with van der Waals surface area (Å²) in [4.78, 5) is 26.1. The van der Waals surface area contributed by atoms with E-state index < -0.39 is 0 Å². The van der Waals surface area contributed by atoms with Crippen molar-refractivity contribution in [1.82, 2.24) is 9.80 Å². The van der Waals surface area contributed by atoms with E-state index in [9.17, 15) is 9.59 Å². The first kappa shape index (κ1) is 10.4. The third-order valence-corrected chi connectivity index (χ3v) is 3.14. The second-order valence-electron chi connectivity index (χ2n) is 4.53. The molecule has 5 nitrogen and oxygen atoms in total. The predicted octanol–water partition coefficient (Wildman–Crippen LogP) is -0.976. The van der Waals surface area contributed by atoms with Crippen molar-refractivity contribution in [3.63, 3.8) is 0 Å². The quantitative estimate of drug-likeness (QED) is 0.653. The fourth-order valence-electron chi connectivity index (χ4n) is 1.86. The number of amides is 2. The van der Waals surface area contributed by atoms with Crippen LogP contribution in [0.2, 0.25) is 0 Å². The molecule has 0 aromatic heterocycles. The van der Waals surface area contributed by atoms with Crippen LogP contribution in [0.25, 0.3) is 0 Å². The first-order chi connectivity index (χ1) is 7.08. The number of hydrogen-bond acceptors (Lipinski definition) is 3. The second kappa shape index (κ2) is 3.81. The van der Waals surface area contributed by atoms with Gasteiger partial charge < -0.3 is 15.5 Å². The lowest BCUT2D eigenvalue weighted by atomic mass is 10.1. The summed E-state index contributed by atoms with van der Waals surface area (Å²) >= 11 is 0. The molecule has 1 heterocycles. The summed E-state index contributed by atoms with van der Waals surface area (Å²) in [5.41, 5.74) is 5.93. The molecule has 0 aromatic rings. The Bertz CT molecular complexity index is 288. The van der Waals surface area contributed by atoms with E-state index in [4.69, 9.17) is 5.73 Å². The molecule has 2 amide bonds. The number of carbonyl (C=O) groups is 2. The third-order valence-electron chi connectivity index (χ3n) is 3.14. The van der Waals surface area contributed by atoms with Gasteiger partial charge in [-0.3, -0.25) is 9.59 Å². The van der Waals surface area contributed by atoms with Crippen LogP contribution in [0.4, 0.5) is 0 Å². The number of piperazine rings is 1. The maximum atomic E-state index is 11.6. The molecular weight excluding hydrogens is 194 g/mol. The topological polar surface area (TPSA) is 66.6 Å². The van der Waals surface area contributed by atoms with Crippen molar-refractivity contribution in [2.45, 2.75) is 18.9 Å². The molecule has 15 heavy (non-hydrogen) atoms. The molecule has 0 bridgehead atoms. The molecule has 5 heteroatoms. The molecule has 1 atom stereocenters. The number of nitrogens with two attached hydrogens (primary N) is 1. The minimum absolute atomic E-state index is 0.00223. The Hall–Kier alpha value is -1.10. The van der Waals surface area contributed by atoms with E-state index in [0.717, 1.165) is 12.8 Å². The highest BCUT2D eigenvalue weighted by Gasteiger charge is 2.33. The van der Waals surface area contributed by atoms with E-state index in [-0.39, 0.29) is 30.9 Å². The molecule has 1 unspecified atom stereocenters. The van der Waals surface area contributed by atoms with E-state index in [1.54, 1.807) is 11.9 Å². The average Bonchev–Trinajstić information content (AvgIpc) is 2.97. The largest absolute Gasteiger partial charge is 0.335 e. The summed E-state index contributed by atoms with van der Waals surface area (Å²) < 4.78 is 0. The minimum atomic E-state index is -0.00223. The van der Waals surface area contributed by atoms with Crippen molar-refractivity contribution in [2.24, 2.45) is 11.7 Å². The van der Waals surface area contributed by atoms with Gasteiger partial charge in [-0.05, 0) is 18.8 Å². The Morgan fingerprint density at radius 1 is 1.33 bits per heavy atom. The highest BCUT2D eigenvalue weighted by molar-refractivity contribution is 5.92. The van der Waals surface area contributed by atoms with Crippen molar-refractivity contribution in [3.05, 3.63) is 0 Å². The van der Waals surface area contributed by atoms with Crippen LogP contribution in [0.15, 0.2) is 0 Å². The summed E-state index contributed by atoms with van der Waals surface area (Å²) in [5.74, 6) is 0.568. The van der Waals surface area contributed by atoms with E-state index in [1.807, 2.05) is 0 Å². The Labute approximate surface area is 89.2 Å². The summed E-state index contributed by atoms with van der Waals surface area (Å²) in [6.07, 6.45) is 2.33. The first-order valence-corrected chi connectivity index (χ1v) is 5.35. The number of likely N-dealkylation sites (N-methyl/N-ethyl adjacent to an activating group) is 1. The summed E-state index contributed by atoms with van der Waals surface area (Å²) in [5, 5.41) is 0. The third kappa shape index (κ3) is 2.28. The summed E-state index contributed by atoms with van der Waals surface area (Å²) in [6, 6.07) is 0.0464. The minimum Gasteiger partial charge on any atom is -0.335 e. The Morgan fingerprint density at radius 3 is 2.60 bits per heavy atom. The Kier molecular flexibility index (Phi) is 2.65. The van der Waals surface area contributed by atoms with Crippen LogP contribution in [0.3, 0.4) is 0 Å². The normalized spacial score (nSPS) is 24.7. The number of nitrogens with zero attached hydrogens (tertiary/aromatic N) is 2. The van der Waals surface area contributed by atoms with Crippen molar-refractivity contribution >= 4 is 11.8 Å². The van der Waals surface area contributed by atoms with Gasteiger partial charge in [0.1, 0.15) is 0 Å². The van der Waals surface area contributed by atoms with Gasteiger partial charge >= 0.3 is 0 Å². The SMILES string of the molecule is CN1CC(=O)N(CC(N)C2CC2)CC1=O. The van der Waals surface area contributed by atoms with Crippen LogP contribution < -0.4 is 5.73 Å². The molecule has 0 aromatic carbocycles. The molecule has 0 radical (unpaired) electrons. The van der Waals surface area contributed by atoms with Crippen molar-refractivity contribution in [3.8, 4) is 0 Å². The zero-order valence-corrected chi connectivity index (χ0v) is 8.98. The Morgan fingerprint density at radius 2 is 2.00 bits per heavy atom. The summed E-state index contributed by atoms with van der Waals surface area (Å²) in [7, 11) is 1.65. The van der Waals surface area contributed by atoms with E-state index in [0.29, 0.717) is 12.5 Å². The van der Waals surface area contributed by atoms with Crippen molar-refractivity contribution < 1.29 is 9.59 Å². The second-order valence-corrected chi connectivity index (χ2v) is 4.53. The van der Waals surface area contributed by atoms with Gasteiger partial charge in [0.05, 0.1) is 13.1 Å². The molecular formula is C10H17N3O2. The van der Waals surface area contributed by atoms with Gasteiger partial charge in [-0.1, -0.05) is 0 Å². The smallest absolute Gasteiger partial charge is 0.242 e. The standard InChI is InChI=1S/C10H17N3O2/c1-12-5-10(15)13(6-9(12)14)4-8(11)7-2-3-7/h7-8H,2-6,11H2,1H3. The Balaban J connectivity index is 1.90. The van der Waals surface area contributed by atoms with Crippen LogP contribution in [-0.4, -0.2) is 54.3 Å². The maximum Gasteiger partial charge on any atom is 0.242 e. The van der Waals surface area contributed by atoms with Crippen LogP contribution in [-0.2, 0) is 9.59 Å². The first-order valence-electron chi connectivity index (χ1n) is 5.35. The average molecular weight is 211 g/mol. The van der Waals surface area contributed by atoms with E-state index >= 15 is 0 Å². The molecule has 2 rings (SSSR count). The van der Waals surface area contributed by atoms with Crippen LogP contribution >= 0.6 is 0 Å². The van der Waals surface area contributed by atoms with Crippen LogP contribution in [0, 0.1) is 5.92 Å². The van der Waals surface area contributed by atoms with Gasteiger partial charge in [0, 0.05) is 19.6 Å². The van der Waals surface area contributed by atoms with Crippen LogP contribution in [0.1, 0.15) is 12.8 Å². The van der Waals surface area contributed by atoms with Gasteiger partial charge in [0.2, 0.25) is 11.8 Å². The molecule has 84 valence electrons. The molecule has 1 aliphatic heterocycles. The lowest BCUT2D eigenvalue weighted by molar-refractivity contribution is -0.149. The van der Waals surface area contributed by atoms with Gasteiger partial charge in [-0.15, -0.1) is 0 Å². The molecule has 2 fully saturated rings. The highest BCUT2D eigenvalue weighted by Crippen LogP contribution is 2.31. The molecule has 2 aliphatic rings. The van der Waals surface area contributed by atoms with Gasteiger partial charge in [0.15, 0.2) is 0 Å². The molecule has 1 saturated carbocycles. The molecule has 0 spiro atoms. The molecule has 2 N–H and O–H groups in total. The lowest BCUT2D eigenvalue weighted by Crippen LogP contribution is -2.55. The number of hydrogen-bond donors (Lipinski definition) is 1. The lowest BCUT2D eigenvalue weighted by Gasteiger charge is -2.33. The predicted molar refractivity (Wildman–Crippen MR) is 54.9 cm³/mol. The van der Waals surface area contributed by atoms with Crippen molar-refractivity contribution in [1.29, 1.82) is 0 Å². The van der Waals surface area contributed by atoms with E-state index in [1.165, 1.54) is 4.90 Å². The molecule has 1 aliphatic carbocycles. The zero-order chi connectivity index (χ0) is 11.0. The van der Waals surface area contributed by atoms with Gasteiger partial charge in [-0.2, -0.15) is 0 Å². The van der Waals surface area contributed by atoms with E-state index in [2.05, 4.69) is 0 Å². The highest BCUT2D eigenvalue weighted by atomic mass is 16.2. The summed E-state index contributed by atoms with van der Waals surface area (Å²) in [6.45, 7) is 0.912. The monoisotopic (exact) mass is 211 g/mol. The van der Waals surface area contributed by atoms with Crippen LogP contribution in [0.5, 0.6) is 0 Å². The zero-order valence-electron chi connectivity index (χ0n) is 8.98. The maximum absolute atomic E-state index is 11.6. The number of carbonyl (C=O) groups excluding carboxylic acids is 2. The fraction of sp³-hybridized carbons (Fsp3) is 0.800. The fourth-order valence-corrected chi connectivity index (χ4v) is 1.86. The van der Waals surface area contributed by atoms with Crippen molar-refractivity contribution in [2.75, 3.05) is 26.7 Å². The molecule has 1 saturated heterocycles. The van der Waals surface area contributed by atoms with Gasteiger partial charge in [-0.25, -0.2) is 0 Å². The van der Waals surface area contributed by atoms with Gasteiger partial charge in [0.25, 0.3) is 0 Å².